The molecular weight excluding hydrogens is 401 g/mol. The summed E-state index contributed by atoms with van der Waals surface area (Å²) in [7, 11) is -2.86. The fourth-order valence-electron chi connectivity index (χ4n) is 2.63. The van der Waals surface area contributed by atoms with Crippen LogP contribution in [0.4, 0.5) is 13.2 Å². The quantitative estimate of drug-likeness (QED) is 0.476. The highest BCUT2D eigenvalue weighted by atomic mass is 32.2. The zero-order chi connectivity index (χ0) is 20.7. The zero-order valence-corrected chi connectivity index (χ0v) is 15.3. The van der Waals surface area contributed by atoms with Crippen molar-refractivity contribution >= 4 is 21.1 Å². The maximum absolute atomic E-state index is 13.1. The second-order valence-electron chi connectivity index (χ2n) is 5.80. The molecule has 2 aromatic carbocycles. The highest BCUT2D eigenvalue weighted by Crippen LogP contribution is 2.35. The van der Waals surface area contributed by atoms with Crippen LogP contribution in [0.2, 0.25) is 0 Å². The first-order valence-electron chi connectivity index (χ1n) is 7.75. The molecule has 3 aromatic rings. The van der Waals surface area contributed by atoms with Gasteiger partial charge in [0, 0.05) is 17.5 Å². The van der Waals surface area contributed by atoms with Crippen LogP contribution in [0.25, 0.3) is 11.0 Å². The molecule has 0 saturated heterocycles. The van der Waals surface area contributed by atoms with Gasteiger partial charge in [-0.05, 0) is 42.8 Å². The van der Waals surface area contributed by atoms with Gasteiger partial charge in [0.15, 0.2) is 0 Å². The van der Waals surface area contributed by atoms with Crippen molar-refractivity contribution in [2.24, 2.45) is 0 Å². The van der Waals surface area contributed by atoms with E-state index in [-0.39, 0.29) is 10.6 Å². The van der Waals surface area contributed by atoms with Crippen LogP contribution in [0.1, 0.15) is 11.1 Å². The van der Waals surface area contributed by atoms with E-state index < -0.39 is 38.5 Å². The molecule has 0 N–H and O–H groups in total. The Morgan fingerprint density at radius 1 is 1.00 bits per heavy atom. The number of aryl methyl sites for hydroxylation is 1. The average molecular weight is 414 g/mol. The Labute approximate surface area is 157 Å². The highest BCUT2D eigenvalue weighted by molar-refractivity contribution is 7.87. The van der Waals surface area contributed by atoms with E-state index in [4.69, 9.17) is 13.3 Å². The molecule has 1 aromatic heterocycles. The molecule has 0 bridgehead atoms. The lowest BCUT2D eigenvalue weighted by Crippen LogP contribution is -2.12. The first-order chi connectivity index (χ1) is 13.0. The minimum atomic E-state index is -4.77. The number of rotatable bonds is 4. The van der Waals surface area contributed by atoms with E-state index in [0.717, 1.165) is 18.2 Å². The average Bonchev–Trinajstić information content (AvgIpc) is 2.59. The van der Waals surface area contributed by atoms with Crippen molar-refractivity contribution < 1.29 is 34.9 Å². The van der Waals surface area contributed by atoms with Gasteiger partial charge in [0.2, 0.25) is 0 Å². The van der Waals surface area contributed by atoms with Gasteiger partial charge < -0.3 is 13.3 Å². The van der Waals surface area contributed by atoms with Gasteiger partial charge in [-0.3, -0.25) is 0 Å². The molecular formula is C18H13F3O6S. The van der Waals surface area contributed by atoms with Crippen LogP contribution in [-0.2, 0) is 16.3 Å². The number of fused-ring (bicyclic) bond motifs is 1. The zero-order valence-electron chi connectivity index (χ0n) is 14.5. The molecule has 0 atom stereocenters. The summed E-state index contributed by atoms with van der Waals surface area (Å²) in [6.07, 6.45) is -4.77. The SMILES string of the molecule is COc1ccc(S(=O)(=O)Oc2ccc3c(C(F)(F)F)cc(=O)oc3c2)c(C)c1. The van der Waals surface area contributed by atoms with E-state index in [1.807, 2.05) is 0 Å². The molecule has 0 radical (unpaired) electrons. The van der Waals surface area contributed by atoms with Crippen molar-refractivity contribution in [1.82, 2.24) is 0 Å². The van der Waals surface area contributed by atoms with Crippen LogP contribution in [0.5, 0.6) is 11.5 Å². The molecule has 0 unspecified atom stereocenters. The molecule has 0 saturated carbocycles. The molecule has 1 heterocycles. The van der Waals surface area contributed by atoms with Crippen LogP contribution >= 0.6 is 0 Å². The summed E-state index contributed by atoms with van der Waals surface area (Å²) >= 11 is 0. The monoisotopic (exact) mass is 414 g/mol. The molecule has 148 valence electrons. The van der Waals surface area contributed by atoms with Crippen molar-refractivity contribution in [3.8, 4) is 11.5 Å². The molecule has 0 fully saturated rings. The molecule has 0 spiro atoms. The van der Waals surface area contributed by atoms with Crippen molar-refractivity contribution in [1.29, 1.82) is 0 Å². The van der Waals surface area contributed by atoms with Gasteiger partial charge in [0.25, 0.3) is 0 Å². The molecule has 6 nitrogen and oxygen atoms in total. The maximum atomic E-state index is 13.1. The Morgan fingerprint density at radius 2 is 1.68 bits per heavy atom. The fourth-order valence-corrected chi connectivity index (χ4v) is 3.77. The number of ether oxygens (including phenoxy) is 1. The minimum Gasteiger partial charge on any atom is -0.497 e. The summed E-state index contributed by atoms with van der Waals surface area (Å²) in [6.45, 7) is 1.54. The number of hydrogen-bond acceptors (Lipinski definition) is 6. The Morgan fingerprint density at radius 3 is 2.29 bits per heavy atom. The van der Waals surface area contributed by atoms with E-state index in [2.05, 4.69) is 0 Å². The molecule has 0 amide bonds. The van der Waals surface area contributed by atoms with E-state index in [1.54, 1.807) is 0 Å². The third-order valence-electron chi connectivity index (χ3n) is 3.88. The van der Waals surface area contributed by atoms with Crippen LogP contribution in [-0.4, -0.2) is 15.5 Å². The topological polar surface area (TPSA) is 82.8 Å². The van der Waals surface area contributed by atoms with Gasteiger partial charge in [0.1, 0.15) is 22.0 Å². The molecule has 0 aliphatic carbocycles. The fraction of sp³-hybridized carbons (Fsp3) is 0.167. The van der Waals surface area contributed by atoms with Gasteiger partial charge >= 0.3 is 21.9 Å². The van der Waals surface area contributed by atoms with Crippen LogP contribution < -0.4 is 14.5 Å². The normalized spacial score (nSPS) is 12.2. The Balaban J connectivity index is 2.04. The Kier molecular flexibility index (Phi) is 4.84. The van der Waals surface area contributed by atoms with Crippen molar-refractivity contribution in [3.63, 3.8) is 0 Å². The number of benzene rings is 2. The van der Waals surface area contributed by atoms with Crippen molar-refractivity contribution in [2.75, 3.05) is 7.11 Å². The lowest BCUT2D eigenvalue weighted by molar-refractivity contribution is -0.136. The highest BCUT2D eigenvalue weighted by Gasteiger charge is 2.34. The third kappa shape index (κ3) is 3.81. The lowest BCUT2D eigenvalue weighted by Gasteiger charge is -2.12. The lowest BCUT2D eigenvalue weighted by atomic mass is 10.1. The number of methoxy groups -OCH3 is 1. The van der Waals surface area contributed by atoms with Gasteiger partial charge in [-0.15, -0.1) is 0 Å². The molecule has 3 rings (SSSR count). The number of halogens is 3. The van der Waals surface area contributed by atoms with Crippen LogP contribution in [0.3, 0.4) is 0 Å². The van der Waals surface area contributed by atoms with E-state index in [9.17, 15) is 26.4 Å². The predicted octanol–water partition coefficient (Wildman–Crippen LogP) is 3.90. The Bertz CT molecular complexity index is 1210. The van der Waals surface area contributed by atoms with Gasteiger partial charge in [-0.1, -0.05) is 0 Å². The second-order valence-corrected chi connectivity index (χ2v) is 7.32. The maximum Gasteiger partial charge on any atom is 0.417 e. The first-order valence-corrected chi connectivity index (χ1v) is 9.16. The number of hydrogen-bond donors (Lipinski definition) is 0. The first kappa shape index (κ1) is 19.7. The summed E-state index contributed by atoms with van der Waals surface area (Å²) in [5.41, 5.74) is -2.49. The molecule has 10 heteroatoms. The van der Waals surface area contributed by atoms with Gasteiger partial charge in [0.05, 0.1) is 12.7 Å². The molecule has 0 aliphatic heterocycles. The number of alkyl halides is 3. The second kappa shape index (κ2) is 6.86. The van der Waals surface area contributed by atoms with E-state index in [1.165, 1.54) is 32.2 Å². The van der Waals surface area contributed by atoms with Crippen LogP contribution in [0, 0.1) is 6.92 Å². The van der Waals surface area contributed by atoms with Gasteiger partial charge in [-0.25, -0.2) is 4.79 Å². The predicted molar refractivity (Wildman–Crippen MR) is 93.0 cm³/mol. The van der Waals surface area contributed by atoms with Crippen molar-refractivity contribution in [2.45, 2.75) is 18.0 Å². The van der Waals surface area contributed by atoms with Gasteiger partial charge in [-0.2, -0.15) is 21.6 Å². The minimum absolute atomic E-state index is 0.140. The molecule has 0 aliphatic rings. The van der Waals surface area contributed by atoms with E-state index in [0.29, 0.717) is 17.4 Å². The summed E-state index contributed by atoms with van der Waals surface area (Å²) in [6, 6.07) is 7.49. The Hall–Kier alpha value is -3.01. The van der Waals surface area contributed by atoms with E-state index >= 15 is 0 Å². The standard InChI is InChI=1S/C18H13F3O6S/c1-10-7-11(25-2)4-6-16(10)28(23,24)27-12-3-5-13-14(18(19,20)21)9-17(22)26-15(13)8-12/h3-9H,1-2H3. The summed E-state index contributed by atoms with van der Waals surface area (Å²) < 4.78 is 79.0. The summed E-state index contributed by atoms with van der Waals surface area (Å²) in [4.78, 5) is 11.3. The smallest absolute Gasteiger partial charge is 0.417 e. The third-order valence-corrected chi connectivity index (χ3v) is 5.29. The summed E-state index contributed by atoms with van der Waals surface area (Å²) in [5.74, 6) is 0.147. The van der Waals surface area contributed by atoms with Crippen LogP contribution in [0.15, 0.2) is 56.6 Å². The largest absolute Gasteiger partial charge is 0.497 e. The molecule has 28 heavy (non-hydrogen) atoms. The summed E-state index contributed by atoms with van der Waals surface area (Å²) in [5, 5.41) is -0.391. The van der Waals surface area contributed by atoms with Crippen molar-refractivity contribution in [3.05, 3.63) is 64.0 Å².